The molecule has 3 aromatic heterocycles. The van der Waals surface area contributed by atoms with Crippen molar-refractivity contribution in [3.05, 3.63) is 30.2 Å². The van der Waals surface area contributed by atoms with Gasteiger partial charge in [-0.1, -0.05) is 12.8 Å². The van der Waals surface area contributed by atoms with Crippen LogP contribution in [0.4, 0.5) is 5.82 Å². The molecule has 1 aliphatic rings. The van der Waals surface area contributed by atoms with Crippen molar-refractivity contribution in [1.29, 1.82) is 5.26 Å². The second kappa shape index (κ2) is 5.77. The Morgan fingerprint density at radius 2 is 2.08 bits per heavy atom. The summed E-state index contributed by atoms with van der Waals surface area (Å²) in [5.74, 6) is 0.920. The molecule has 3 heterocycles. The van der Waals surface area contributed by atoms with Gasteiger partial charge in [0.15, 0.2) is 5.65 Å². The summed E-state index contributed by atoms with van der Waals surface area (Å²) in [4.78, 5) is 12.5. The molecule has 4 rings (SSSR count). The molecule has 0 saturated heterocycles. The zero-order valence-corrected chi connectivity index (χ0v) is 12.9. The minimum Gasteiger partial charge on any atom is -0.418 e. The Balaban J connectivity index is 1.81. The summed E-state index contributed by atoms with van der Waals surface area (Å²) in [7, 11) is 0. The molecule has 0 radical (unpaired) electrons. The maximum absolute atomic E-state index is 9.00. The first-order valence-electron chi connectivity index (χ1n) is 7.79. The van der Waals surface area contributed by atoms with E-state index < -0.39 is 0 Å². The summed E-state index contributed by atoms with van der Waals surface area (Å²) in [6, 6.07) is 5.51. The summed E-state index contributed by atoms with van der Waals surface area (Å²) in [5.41, 5.74) is 7.15. The van der Waals surface area contributed by atoms with Gasteiger partial charge in [-0.2, -0.15) is 5.26 Å². The molecule has 24 heavy (non-hydrogen) atoms. The molecular formula is C16H15N7O. The standard InChI is InChI=1S/C16H15N7O/c17-8-10-5-6-19-12(7-10)24-16-13-14(18)20-9-21-15(13)23(22-16)11-3-1-2-4-11/h5-7,9,11H,1-4H2,(H2,18,20,21). The fourth-order valence-corrected chi connectivity index (χ4v) is 3.07. The van der Waals surface area contributed by atoms with Crippen LogP contribution in [-0.4, -0.2) is 24.7 Å². The van der Waals surface area contributed by atoms with Crippen molar-refractivity contribution >= 4 is 16.9 Å². The average molecular weight is 321 g/mol. The summed E-state index contributed by atoms with van der Waals surface area (Å²) >= 11 is 0. The lowest BCUT2D eigenvalue weighted by molar-refractivity contribution is 0.413. The Morgan fingerprint density at radius 3 is 2.88 bits per heavy atom. The van der Waals surface area contributed by atoms with E-state index in [0.29, 0.717) is 28.3 Å². The third-order valence-corrected chi connectivity index (χ3v) is 4.22. The van der Waals surface area contributed by atoms with E-state index in [-0.39, 0.29) is 11.9 Å². The number of fused-ring (bicyclic) bond motifs is 1. The number of ether oxygens (including phenoxy) is 1. The lowest BCUT2D eigenvalue weighted by Gasteiger charge is -2.09. The van der Waals surface area contributed by atoms with Crippen molar-refractivity contribution in [1.82, 2.24) is 24.7 Å². The predicted molar refractivity (Wildman–Crippen MR) is 86.3 cm³/mol. The zero-order chi connectivity index (χ0) is 16.5. The van der Waals surface area contributed by atoms with Crippen molar-refractivity contribution in [2.75, 3.05) is 5.73 Å². The molecule has 0 amide bonds. The Hall–Kier alpha value is -3.21. The SMILES string of the molecule is N#Cc1ccnc(Oc2nn(C3CCCC3)c3ncnc(N)c23)c1. The van der Waals surface area contributed by atoms with Crippen LogP contribution in [0.1, 0.15) is 37.3 Å². The van der Waals surface area contributed by atoms with Gasteiger partial charge in [0.1, 0.15) is 17.5 Å². The quantitative estimate of drug-likeness (QED) is 0.788. The second-order valence-electron chi connectivity index (χ2n) is 5.74. The molecule has 0 aliphatic heterocycles. The van der Waals surface area contributed by atoms with Crippen LogP contribution in [0, 0.1) is 11.3 Å². The minimum atomic E-state index is 0.287. The van der Waals surface area contributed by atoms with E-state index >= 15 is 0 Å². The van der Waals surface area contributed by atoms with Crippen molar-refractivity contribution in [3.8, 4) is 17.8 Å². The summed E-state index contributed by atoms with van der Waals surface area (Å²) in [6.07, 6.45) is 7.42. The van der Waals surface area contributed by atoms with Crippen LogP contribution in [0.25, 0.3) is 11.0 Å². The fourth-order valence-electron chi connectivity index (χ4n) is 3.07. The Morgan fingerprint density at radius 1 is 1.25 bits per heavy atom. The van der Waals surface area contributed by atoms with Crippen LogP contribution in [-0.2, 0) is 0 Å². The number of aromatic nitrogens is 5. The Kier molecular flexibility index (Phi) is 3.46. The first-order chi connectivity index (χ1) is 11.8. The average Bonchev–Trinajstić information content (AvgIpc) is 3.24. The molecule has 0 bridgehead atoms. The van der Waals surface area contributed by atoms with E-state index in [2.05, 4.69) is 26.1 Å². The van der Waals surface area contributed by atoms with Gasteiger partial charge in [-0.3, -0.25) is 0 Å². The number of hydrogen-bond acceptors (Lipinski definition) is 7. The lowest BCUT2D eigenvalue weighted by atomic mass is 10.2. The van der Waals surface area contributed by atoms with Gasteiger partial charge in [0.05, 0.1) is 17.7 Å². The molecule has 0 spiro atoms. The van der Waals surface area contributed by atoms with Gasteiger partial charge >= 0.3 is 0 Å². The molecule has 2 N–H and O–H groups in total. The smallest absolute Gasteiger partial charge is 0.253 e. The number of nitriles is 1. The van der Waals surface area contributed by atoms with Gasteiger partial charge in [0, 0.05) is 12.3 Å². The molecule has 1 saturated carbocycles. The third kappa shape index (κ3) is 2.40. The molecule has 1 fully saturated rings. The highest BCUT2D eigenvalue weighted by atomic mass is 16.5. The van der Waals surface area contributed by atoms with Crippen LogP contribution in [0.2, 0.25) is 0 Å². The van der Waals surface area contributed by atoms with Crippen LogP contribution < -0.4 is 10.5 Å². The van der Waals surface area contributed by atoms with Gasteiger partial charge < -0.3 is 10.5 Å². The number of nitrogens with two attached hydrogens (primary N) is 1. The van der Waals surface area contributed by atoms with Crippen molar-refractivity contribution in [3.63, 3.8) is 0 Å². The number of anilines is 1. The topological polar surface area (TPSA) is 116 Å². The van der Waals surface area contributed by atoms with E-state index in [1.54, 1.807) is 12.1 Å². The highest BCUT2D eigenvalue weighted by Gasteiger charge is 2.25. The van der Waals surface area contributed by atoms with E-state index in [0.717, 1.165) is 12.8 Å². The largest absolute Gasteiger partial charge is 0.418 e. The van der Waals surface area contributed by atoms with Crippen molar-refractivity contribution in [2.24, 2.45) is 0 Å². The molecule has 3 aromatic rings. The maximum atomic E-state index is 9.00. The van der Waals surface area contributed by atoms with E-state index in [1.165, 1.54) is 25.4 Å². The molecule has 8 heteroatoms. The number of rotatable bonds is 3. The number of nitrogens with zero attached hydrogens (tertiary/aromatic N) is 6. The van der Waals surface area contributed by atoms with Gasteiger partial charge in [-0.15, -0.1) is 5.10 Å². The predicted octanol–water partition coefficient (Wildman–Crippen LogP) is 2.58. The first kappa shape index (κ1) is 14.4. The molecular weight excluding hydrogens is 306 g/mol. The number of nitrogen functional groups attached to an aromatic ring is 1. The first-order valence-corrected chi connectivity index (χ1v) is 7.79. The van der Waals surface area contributed by atoms with Gasteiger partial charge in [0.25, 0.3) is 5.88 Å². The van der Waals surface area contributed by atoms with E-state index in [4.69, 9.17) is 15.7 Å². The number of pyridine rings is 1. The monoisotopic (exact) mass is 321 g/mol. The molecule has 1 aliphatic carbocycles. The third-order valence-electron chi connectivity index (χ3n) is 4.22. The molecule has 8 nitrogen and oxygen atoms in total. The van der Waals surface area contributed by atoms with Gasteiger partial charge in [-0.05, 0) is 18.9 Å². The molecule has 0 aromatic carbocycles. The Labute approximate surface area is 137 Å². The molecule has 0 atom stereocenters. The van der Waals surface area contributed by atoms with Crippen LogP contribution in [0.15, 0.2) is 24.7 Å². The number of hydrogen-bond donors (Lipinski definition) is 1. The van der Waals surface area contributed by atoms with Gasteiger partial charge in [0.2, 0.25) is 5.88 Å². The highest BCUT2D eigenvalue weighted by molar-refractivity contribution is 5.90. The molecule has 120 valence electrons. The van der Waals surface area contributed by atoms with Crippen molar-refractivity contribution < 1.29 is 4.74 Å². The van der Waals surface area contributed by atoms with Crippen LogP contribution in [0.3, 0.4) is 0 Å². The normalized spacial score (nSPS) is 14.8. The lowest BCUT2D eigenvalue weighted by Crippen LogP contribution is -2.07. The van der Waals surface area contributed by atoms with Crippen LogP contribution in [0.5, 0.6) is 11.8 Å². The Bertz CT molecular complexity index is 937. The second-order valence-corrected chi connectivity index (χ2v) is 5.74. The van der Waals surface area contributed by atoms with Crippen LogP contribution >= 0.6 is 0 Å². The zero-order valence-electron chi connectivity index (χ0n) is 12.9. The summed E-state index contributed by atoms with van der Waals surface area (Å²) < 4.78 is 7.68. The van der Waals surface area contributed by atoms with E-state index in [9.17, 15) is 0 Å². The fraction of sp³-hybridized carbons (Fsp3) is 0.312. The minimum absolute atomic E-state index is 0.287. The van der Waals surface area contributed by atoms with E-state index in [1.807, 2.05) is 4.68 Å². The summed E-state index contributed by atoms with van der Waals surface area (Å²) in [6.45, 7) is 0. The summed E-state index contributed by atoms with van der Waals surface area (Å²) in [5, 5.41) is 14.1. The van der Waals surface area contributed by atoms with Crippen molar-refractivity contribution in [2.45, 2.75) is 31.7 Å². The maximum Gasteiger partial charge on any atom is 0.253 e. The molecule has 0 unspecified atom stereocenters. The van der Waals surface area contributed by atoms with Gasteiger partial charge in [-0.25, -0.2) is 19.6 Å². The highest BCUT2D eigenvalue weighted by Crippen LogP contribution is 2.36.